The van der Waals surface area contributed by atoms with Gasteiger partial charge in [-0.2, -0.15) is 0 Å². The molecule has 102 valence electrons. The van der Waals surface area contributed by atoms with E-state index in [0.717, 1.165) is 19.6 Å². The van der Waals surface area contributed by atoms with E-state index < -0.39 is 0 Å². The average Bonchev–Trinajstić information content (AvgIpc) is 2.88. The summed E-state index contributed by atoms with van der Waals surface area (Å²) in [5.74, 6) is 0.608. The van der Waals surface area contributed by atoms with Gasteiger partial charge in [-0.1, -0.05) is 6.92 Å². The van der Waals surface area contributed by atoms with Gasteiger partial charge in [-0.05, 0) is 60.8 Å². The van der Waals surface area contributed by atoms with Crippen LogP contribution in [0.25, 0.3) is 0 Å². The number of thiophene rings is 1. The SMILES string of the molecule is CCCNC(c1cc(C)c(Br)s1)C1COC(C)C1. The van der Waals surface area contributed by atoms with Crippen LogP contribution in [0.5, 0.6) is 0 Å². The molecule has 0 radical (unpaired) electrons. The quantitative estimate of drug-likeness (QED) is 0.869. The van der Waals surface area contributed by atoms with Crippen molar-refractivity contribution in [3.8, 4) is 0 Å². The summed E-state index contributed by atoms with van der Waals surface area (Å²) in [5, 5.41) is 3.70. The van der Waals surface area contributed by atoms with Gasteiger partial charge in [-0.15, -0.1) is 11.3 Å². The first-order valence-corrected chi connectivity index (χ1v) is 8.33. The largest absolute Gasteiger partial charge is 0.378 e. The summed E-state index contributed by atoms with van der Waals surface area (Å²) < 4.78 is 6.99. The summed E-state index contributed by atoms with van der Waals surface area (Å²) >= 11 is 5.49. The Labute approximate surface area is 122 Å². The fourth-order valence-electron chi connectivity index (χ4n) is 2.52. The highest BCUT2D eigenvalue weighted by atomic mass is 79.9. The lowest BCUT2D eigenvalue weighted by molar-refractivity contribution is 0.117. The summed E-state index contributed by atoms with van der Waals surface area (Å²) in [6, 6.07) is 2.76. The van der Waals surface area contributed by atoms with E-state index in [4.69, 9.17) is 4.74 Å². The summed E-state index contributed by atoms with van der Waals surface area (Å²) in [7, 11) is 0. The molecule has 0 aliphatic carbocycles. The normalized spacial score (nSPS) is 25.6. The first kappa shape index (κ1) is 14.5. The topological polar surface area (TPSA) is 21.3 Å². The van der Waals surface area contributed by atoms with E-state index in [1.165, 1.54) is 20.6 Å². The van der Waals surface area contributed by atoms with Crippen molar-refractivity contribution in [1.29, 1.82) is 0 Å². The van der Waals surface area contributed by atoms with Crippen LogP contribution >= 0.6 is 27.3 Å². The molecule has 0 aromatic carbocycles. The zero-order chi connectivity index (χ0) is 13.1. The van der Waals surface area contributed by atoms with E-state index in [1.54, 1.807) is 0 Å². The Kier molecular flexibility index (Phi) is 5.24. The lowest BCUT2D eigenvalue weighted by Gasteiger charge is -2.22. The predicted molar refractivity (Wildman–Crippen MR) is 81.3 cm³/mol. The number of rotatable bonds is 5. The van der Waals surface area contributed by atoms with E-state index in [1.807, 2.05) is 11.3 Å². The Bertz CT molecular complexity index is 374. The highest BCUT2D eigenvalue weighted by Crippen LogP contribution is 2.38. The molecule has 1 aliphatic rings. The van der Waals surface area contributed by atoms with Crippen LogP contribution in [0.4, 0.5) is 0 Å². The van der Waals surface area contributed by atoms with E-state index in [9.17, 15) is 0 Å². The Balaban J connectivity index is 2.13. The summed E-state index contributed by atoms with van der Waals surface area (Å²) in [6.45, 7) is 8.51. The molecule has 1 aliphatic heterocycles. The fourth-order valence-corrected chi connectivity index (χ4v) is 4.26. The van der Waals surface area contributed by atoms with Gasteiger partial charge in [0.25, 0.3) is 0 Å². The molecule has 4 heteroatoms. The Morgan fingerprint density at radius 1 is 1.61 bits per heavy atom. The van der Waals surface area contributed by atoms with Crippen molar-refractivity contribution in [3.63, 3.8) is 0 Å². The molecule has 18 heavy (non-hydrogen) atoms. The smallest absolute Gasteiger partial charge is 0.0731 e. The lowest BCUT2D eigenvalue weighted by atomic mass is 9.95. The molecule has 1 aromatic heterocycles. The molecular formula is C14H22BrNOS. The molecule has 2 nitrogen and oxygen atoms in total. The number of halogens is 1. The molecule has 2 rings (SSSR count). The first-order chi connectivity index (χ1) is 8.61. The minimum absolute atomic E-state index is 0.408. The number of ether oxygens (including phenoxy) is 1. The van der Waals surface area contributed by atoms with E-state index >= 15 is 0 Å². The van der Waals surface area contributed by atoms with Gasteiger partial charge in [-0.25, -0.2) is 0 Å². The fraction of sp³-hybridized carbons (Fsp3) is 0.714. The molecule has 0 amide bonds. The molecule has 0 bridgehead atoms. The van der Waals surface area contributed by atoms with Gasteiger partial charge >= 0.3 is 0 Å². The van der Waals surface area contributed by atoms with Crippen molar-refractivity contribution in [3.05, 3.63) is 20.3 Å². The molecule has 2 heterocycles. The molecule has 0 saturated carbocycles. The second-order valence-corrected chi connectivity index (χ2v) is 7.58. The second kappa shape index (κ2) is 6.51. The zero-order valence-corrected chi connectivity index (χ0v) is 13.7. The summed E-state index contributed by atoms with van der Waals surface area (Å²) in [6.07, 6.45) is 2.74. The Morgan fingerprint density at radius 2 is 2.39 bits per heavy atom. The van der Waals surface area contributed by atoms with Crippen molar-refractivity contribution < 1.29 is 4.74 Å². The minimum atomic E-state index is 0.408. The van der Waals surface area contributed by atoms with Crippen molar-refractivity contribution >= 4 is 27.3 Å². The van der Waals surface area contributed by atoms with Crippen LogP contribution in [0.3, 0.4) is 0 Å². The van der Waals surface area contributed by atoms with Crippen molar-refractivity contribution in [2.45, 2.75) is 45.8 Å². The zero-order valence-electron chi connectivity index (χ0n) is 11.3. The van der Waals surface area contributed by atoms with Gasteiger partial charge in [-0.3, -0.25) is 0 Å². The van der Waals surface area contributed by atoms with Crippen LogP contribution in [0.2, 0.25) is 0 Å². The lowest BCUT2D eigenvalue weighted by Crippen LogP contribution is -2.28. The van der Waals surface area contributed by atoms with Crippen LogP contribution in [0.1, 0.15) is 43.2 Å². The van der Waals surface area contributed by atoms with Gasteiger partial charge in [0.1, 0.15) is 0 Å². The van der Waals surface area contributed by atoms with Crippen molar-refractivity contribution in [2.75, 3.05) is 13.2 Å². The van der Waals surface area contributed by atoms with Crippen LogP contribution in [0.15, 0.2) is 9.85 Å². The van der Waals surface area contributed by atoms with E-state index in [0.29, 0.717) is 18.1 Å². The van der Waals surface area contributed by atoms with Gasteiger partial charge < -0.3 is 10.1 Å². The Hall–Kier alpha value is 0.1000. The molecule has 1 saturated heterocycles. The highest BCUT2D eigenvalue weighted by Gasteiger charge is 2.31. The van der Waals surface area contributed by atoms with Gasteiger partial charge in [0.05, 0.1) is 16.5 Å². The van der Waals surface area contributed by atoms with Gasteiger partial charge in [0, 0.05) is 16.8 Å². The van der Waals surface area contributed by atoms with Crippen molar-refractivity contribution in [2.24, 2.45) is 5.92 Å². The monoisotopic (exact) mass is 331 g/mol. The minimum Gasteiger partial charge on any atom is -0.378 e. The number of nitrogens with one attached hydrogen (secondary N) is 1. The third kappa shape index (κ3) is 3.35. The molecule has 3 atom stereocenters. The third-order valence-corrected chi connectivity index (χ3v) is 5.72. The predicted octanol–water partition coefficient (Wildman–Crippen LogP) is 4.28. The van der Waals surface area contributed by atoms with Crippen LogP contribution in [0, 0.1) is 12.8 Å². The number of hydrogen-bond acceptors (Lipinski definition) is 3. The molecule has 1 fully saturated rings. The maximum absolute atomic E-state index is 5.74. The maximum atomic E-state index is 5.74. The molecule has 3 unspecified atom stereocenters. The number of hydrogen-bond donors (Lipinski definition) is 1. The van der Waals surface area contributed by atoms with Gasteiger partial charge in [0.15, 0.2) is 0 Å². The molecular weight excluding hydrogens is 310 g/mol. The maximum Gasteiger partial charge on any atom is 0.0731 e. The van der Waals surface area contributed by atoms with Crippen molar-refractivity contribution in [1.82, 2.24) is 5.32 Å². The highest BCUT2D eigenvalue weighted by molar-refractivity contribution is 9.11. The third-order valence-electron chi connectivity index (χ3n) is 3.50. The molecule has 1 aromatic rings. The van der Waals surface area contributed by atoms with E-state index in [-0.39, 0.29) is 0 Å². The first-order valence-electron chi connectivity index (χ1n) is 6.72. The summed E-state index contributed by atoms with van der Waals surface area (Å²) in [5.41, 5.74) is 1.34. The molecule has 0 spiro atoms. The number of aryl methyl sites for hydroxylation is 1. The van der Waals surface area contributed by atoms with E-state index in [2.05, 4.69) is 48.1 Å². The average molecular weight is 332 g/mol. The van der Waals surface area contributed by atoms with Crippen LogP contribution < -0.4 is 5.32 Å². The van der Waals surface area contributed by atoms with Gasteiger partial charge in [0.2, 0.25) is 0 Å². The van der Waals surface area contributed by atoms with Crippen LogP contribution in [-0.2, 0) is 4.74 Å². The standard InChI is InChI=1S/C14H22BrNOS/c1-4-5-16-13(11-7-10(3)17-8-11)12-6-9(2)14(15)18-12/h6,10-11,13,16H,4-5,7-8H2,1-3H3. The molecule has 1 N–H and O–H groups in total. The Morgan fingerprint density at radius 3 is 2.89 bits per heavy atom. The van der Waals surface area contributed by atoms with Crippen LogP contribution in [-0.4, -0.2) is 19.3 Å². The second-order valence-electron chi connectivity index (χ2n) is 5.18. The summed E-state index contributed by atoms with van der Waals surface area (Å²) in [4.78, 5) is 1.44.